The number of ether oxygens (including phenoxy) is 1. The summed E-state index contributed by atoms with van der Waals surface area (Å²) >= 11 is 0. The minimum atomic E-state index is -3.94. The molecule has 0 heterocycles. The standard InChI is InChI=1S/C21H15F5O/c1-2-3-4-13-5-8-17(18(22)9-13)21(25,26)27-16-7-6-14-11-19(23)20(24)12-15(14)10-16/h2,5-12H,1,3-4H2. The number of benzene rings is 3. The predicted molar refractivity (Wildman–Crippen MR) is 93.3 cm³/mol. The lowest BCUT2D eigenvalue weighted by atomic mass is 10.1. The van der Waals surface area contributed by atoms with Crippen LogP contribution in [-0.4, -0.2) is 0 Å². The molecule has 0 saturated heterocycles. The molecule has 27 heavy (non-hydrogen) atoms. The summed E-state index contributed by atoms with van der Waals surface area (Å²) in [6.07, 6.45) is -1.20. The van der Waals surface area contributed by atoms with Crippen LogP contribution in [0.2, 0.25) is 0 Å². The highest BCUT2D eigenvalue weighted by molar-refractivity contribution is 5.84. The van der Waals surface area contributed by atoms with E-state index in [1.165, 1.54) is 18.2 Å². The maximum absolute atomic E-state index is 14.4. The molecule has 0 bridgehead atoms. The van der Waals surface area contributed by atoms with Gasteiger partial charge in [-0.05, 0) is 65.6 Å². The molecule has 0 fully saturated rings. The number of alkyl halides is 2. The Morgan fingerprint density at radius 3 is 2.22 bits per heavy atom. The van der Waals surface area contributed by atoms with Gasteiger partial charge < -0.3 is 4.74 Å². The number of hydrogen-bond donors (Lipinski definition) is 0. The van der Waals surface area contributed by atoms with E-state index in [0.717, 1.165) is 30.3 Å². The van der Waals surface area contributed by atoms with E-state index in [1.807, 2.05) is 0 Å². The topological polar surface area (TPSA) is 9.23 Å². The molecule has 1 nitrogen and oxygen atoms in total. The Balaban J connectivity index is 1.88. The van der Waals surface area contributed by atoms with Gasteiger partial charge in [0.1, 0.15) is 11.6 Å². The predicted octanol–water partition coefficient (Wildman–Crippen LogP) is 6.50. The maximum Gasteiger partial charge on any atom is 0.429 e. The fourth-order valence-corrected chi connectivity index (χ4v) is 2.71. The molecule has 0 atom stereocenters. The first kappa shape index (κ1) is 18.9. The van der Waals surface area contributed by atoms with Gasteiger partial charge in [0.2, 0.25) is 0 Å². The van der Waals surface area contributed by atoms with Gasteiger partial charge in [-0.3, -0.25) is 0 Å². The van der Waals surface area contributed by atoms with E-state index in [1.54, 1.807) is 6.08 Å². The van der Waals surface area contributed by atoms with Gasteiger partial charge in [-0.15, -0.1) is 6.58 Å². The fraction of sp³-hybridized carbons (Fsp3) is 0.143. The van der Waals surface area contributed by atoms with Crippen molar-refractivity contribution in [3.63, 3.8) is 0 Å². The van der Waals surface area contributed by atoms with Crippen molar-refractivity contribution >= 4 is 10.8 Å². The zero-order chi connectivity index (χ0) is 19.6. The number of aryl methyl sites for hydroxylation is 1. The third-order valence-electron chi connectivity index (χ3n) is 4.08. The minimum Gasteiger partial charge on any atom is -0.429 e. The van der Waals surface area contributed by atoms with Gasteiger partial charge in [-0.25, -0.2) is 13.2 Å². The van der Waals surface area contributed by atoms with Crippen LogP contribution in [0.25, 0.3) is 10.8 Å². The minimum absolute atomic E-state index is 0.183. The zero-order valence-corrected chi connectivity index (χ0v) is 14.1. The molecule has 0 radical (unpaired) electrons. The lowest BCUT2D eigenvalue weighted by molar-refractivity contribution is -0.187. The van der Waals surface area contributed by atoms with Gasteiger partial charge in [0.25, 0.3) is 0 Å². The molecule has 0 aromatic heterocycles. The number of allylic oxidation sites excluding steroid dienone is 1. The maximum atomic E-state index is 14.4. The molecule has 0 spiro atoms. The van der Waals surface area contributed by atoms with E-state index >= 15 is 0 Å². The lowest BCUT2D eigenvalue weighted by Crippen LogP contribution is -2.23. The second-order valence-corrected chi connectivity index (χ2v) is 6.04. The van der Waals surface area contributed by atoms with Crippen molar-refractivity contribution in [1.82, 2.24) is 0 Å². The Hall–Kier alpha value is -2.89. The summed E-state index contributed by atoms with van der Waals surface area (Å²) in [6.45, 7) is 3.56. The Morgan fingerprint density at radius 2 is 1.56 bits per heavy atom. The molecule has 140 valence electrons. The molecule has 0 aliphatic heterocycles. The summed E-state index contributed by atoms with van der Waals surface area (Å²) < 4.78 is 74.2. The van der Waals surface area contributed by atoms with Gasteiger partial charge in [-0.1, -0.05) is 18.2 Å². The normalized spacial score (nSPS) is 11.6. The first-order valence-corrected chi connectivity index (χ1v) is 8.15. The third kappa shape index (κ3) is 4.10. The molecule has 0 N–H and O–H groups in total. The summed E-state index contributed by atoms with van der Waals surface area (Å²) in [5, 5.41) is 0.504. The SMILES string of the molecule is C=CCCc1ccc(C(F)(F)Oc2ccc3cc(F)c(F)cc3c2)c(F)c1. The average Bonchev–Trinajstić information content (AvgIpc) is 2.60. The second kappa shape index (κ2) is 7.39. The van der Waals surface area contributed by atoms with Gasteiger partial charge in [-0.2, -0.15) is 8.78 Å². The van der Waals surface area contributed by atoms with Gasteiger partial charge >= 0.3 is 6.11 Å². The molecule has 0 amide bonds. The highest BCUT2D eigenvalue weighted by Crippen LogP contribution is 2.35. The van der Waals surface area contributed by atoms with Crippen LogP contribution in [0.4, 0.5) is 22.0 Å². The quantitative estimate of drug-likeness (QED) is 0.351. The van der Waals surface area contributed by atoms with Crippen LogP contribution in [0.3, 0.4) is 0 Å². The summed E-state index contributed by atoms with van der Waals surface area (Å²) in [6, 6.07) is 8.89. The van der Waals surface area contributed by atoms with Crippen molar-refractivity contribution < 1.29 is 26.7 Å². The van der Waals surface area contributed by atoms with Crippen molar-refractivity contribution in [3.05, 3.63) is 89.8 Å². The Labute approximate surface area is 152 Å². The molecule has 3 aromatic carbocycles. The van der Waals surface area contributed by atoms with E-state index in [9.17, 15) is 22.0 Å². The lowest BCUT2D eigenvalue weighted by Gasteiger charge is -2.19. The van der Waals surface area contributed by atoms with Crippen molar-refractivity contribution in [1.29, 1.82) is 0 Å². The fourth-order valence-electron chi connectivity index (χ4n) is 2.71. The Bertz CT molecular complexity index is 997. The first-order chi connectivity index (χ1) is 12.8. The monoisotopic (exact) mass is 378 g/mol. The molecule has 0 unspecified atom stereocenters. The van der Waals surface area contributed by atoms with Crippen LogP contribution in [-0.2, 0) is 12.5 Å². The van der Waals surface area contributed by atoms with Crippen LogP contribution in [0.1, 0.15) is 17.5 Å². The van der Waals surface area contributed by atoms with E-state index in [4.69, 9.17) is 0 Å². The number of hydrogen-bond acceptors (Lipinski definition) is 1. The first-order valence-electron chi connectivity index (χ1n) is 8.15. The van der Waals surface area contributed by atoms with Crippen molar-refractivity contribution in [2.75, 3.05) is 0 Å². The van der Waals surface area contributed by atoms with Gasteiger partial charge in [0, 0.05) is 0 Å². The molecule has 0 aliphatic carbocycles. The molecule has 3 rings (SSSR count). The average molecular weight is 378 g/mol. The van der Waals surface area contributed by atoms with Gasteiger partial charge in [0.15, 0.2) is 11.6 Å². The number of fused-ring (bicyclic) bond motifs is 1. The third-order valence-corrected chi connectivity index (χ3v) is 4.08. The second-order valence-electron chi connectivity index (χ2n) is 6.04. The van der Waals surface area contributed by atoms with Gasteiger partial charge in [0.05, 0.1) is 5.56 Å². The number of halogens is 5. The molecule has 0 saturated carbocycles. The van der Waals surface area contributed by atoms with Crippen LogP contribution in [0, 0.1) is 17.5 Å². The van der Waals surface area contributed by atoms with Crippen molar-refractivity contribution in [2.24, 2.45) is 0 Å². The largest absolute Gasteiger partial charge is 0.429 e. The van der Waals surface area contributed by atoms with Crippen molar-refractivity contribution in [3.8, 4) is 5.75 Å². The van der Waals surface area contributed by atoms with Crippen LogP contribution in [0.15, 0.2) is 61.2 Å². The molecule has 3 aromatic rings. The number of rotatable bonds is 6. The molecule has 6 heteroatoms. The highest BCUT2D eigenvalue weighted by atomic mass is 19.3. The Morgan fingerprint density at radius 1 is 0.852 bits per heavy atom. The highest BCUT2D eigenvalue weighted by Gasteiger charge is 2.37. The smallest absolute Gasteiger partial charge is 0.429 e. The van der Waals surface area contributed by atoms with E-state index in [-0.39, 0.29) is 11.1 Å². The molecular weight excluding hydrogens is 363 g/mol. The summed E-state index contributed by atoms with van der Waals surface area (Å²) in [7, 11) is 0. The van der Waals surface area contributed by atoms with E-state index in [0.29, 0.717) is 23.8 Å². The van der Waals surface area contributed by atoms with Crippen molar-refractivity contribution in [2.45, 2.75) is 19.0 Å². The van der Waals surface area contributed by atoms with Crippen LogP contribution in [0.5, 0.6) is 5.75 Å². The van der Waals surface area contributed by atoms with Crippen LogP contribution >= 0.6 is 0 Å². The van der Waals surface area contributed by atoms with Crippen LogP contribution < -0.4 is 4.74 Å². The molecular formula is C21H15F5O. The summed E-state index contributed by atoms with van der Waals surface area (Å²) in [5.74, 6) is -3.53. The summed E-state index contributed by atoms with van der Waals surface area (Å²) in [5.41, 5.74) is -0.342. The van der Waals surface area contributed by atoms with E-state index < -0.39 is 29.1 Å². The zero-order valence-electron chi connectivity index (χ0n) is 14.1. The summed E-state index contributed by atoms with van der Waals surface area (Å²) in [4.78, 5) is 0. The Kier molecular flexibility index (Phi) is 5.17. The van der Waals surface area contributed by atoms with E-state index in [2.05, 4.69) is 11.3 Å². The molecule has 0 aliphatic rings.